The summed E-state index contributed by atoms with van der Waals surface area (Å²) in [4.78, 5) is 11.9. The minimum atomic E-state index is -4.02. The van der Waals surface area contributed by atoms with Gasteiger partial charge in [-0.1, -0.05) is 17.7 Å². The Balaban J connectivity index is 1.81. The highest BCUT2D eigenvalue weighted by atomic mass is 35.5. The van der Waals surface area contributed by atoms with Crippen molar-refractivity contribution in [3.8, 4) is 11.5 Å². The van der Waals surface area contributed by atoms with Gasteiger partial charge < -0.3 is 14.2 Å². The molecule has 0 spiro atoms. The number of fused-ring (bicyclic) bond motifs is 1. The molecule has 0 atom stereocenters. The van der Waals surface area contributed by atoms with Crippen molar-refractivity contribution in [3.05, 3.63) is 59.1 Å². The largest absolute Gasteiger partial charge is 0.488 e. The Morgan fingerprint density at radius 2 is 2.04 bits per heavy atom. The highest BCUT2D eigenvalue weighted by Gasteiger charge is 2.22. The van der Waals surface area contributed by atoms with Gasteiger partial charge in [0.1, 0.15) is 23.0 Å². The van der Waals surface area contributed by atoms with Gasteiger partial charge in [-0.15, -0.1) is 0 Å². The average molecular weight is 408 g/mol. The molecule has 0 aromatic heterocycles. The van der Waals surface area contributed by atoms with E-state index >= 15 is 0 Å². The molecule has 1 amide bonds. The molecule has 0 saturated heterocycles. The van der Waals surface area contributed by atoms with E-state index in [9.17, 15) is 13.2 Å². The van der Waals surface area contributed by atoms with Crippen molar-refractivity contribution in [1.82, 2.24) is 5.32 Å². The van der Waals surface area contributed by atoms with E-state index < -0.39 is 10.1 Å². The summed E-state index contributed by atoms with van der Waals surface area (Å²) in [7, 11) is -4.02. The molecular weight excluding hydrogens is 390 g/mol. The van der Waals surface area contributed by atoms with E-state index in [1.807, 2.05) is 13.8 Å². The molecule has 8 heteroatoms. The van der Waals surface area contributed by atoms with Gasteiger partial charge in [-0.05, 0) is 44.2 Å². The monoisotopic (exact) mass is 407 g/mol. The number of carbonyl (C=O) groups is 1. The molecule has 142 valence electrons. The quantitative estimate of drug-likeness (QED) is 0.606. The maximum atomic E-state index is 12.4. The fraction of sp³-hybridized carbons (Fsp3) is 0.211. The zero-order valence-corrected chi connectivity index (χ0v) is 16.3. The zero-order chi connectivity index (χ0) is 19.6. The number of benzene rings is 2. The van der Waals surface area contributed by atoms with E-state index in [4.69, 9.17) is 20.5 Å². The van der Waals surface area contributed by atoms with Crippen molar-refractivity contribution in [1.29, 1.82) is 0 Å². The molecule has 1 aliphatic heterocycles. The van der Waals surface area contributed by atoms with Crippen molar-refractivity contribution in [3.63, 3.8) is 0 Å². The molecule has 0 bridgehead atoms. The summed E-state index contributed by atoms with van der Waals surface area (Å²) in [6.07, 6.45) is 1.48. The van der Waals surface area contributed by atoms with Crippen molar-refractivity contribution < 1.29 is 22.1 Å². The van der Waals surface area contributed by atoms with Gasteiger partial charge in [0, 0.05) is 34.3 Å². The van der Waals surface area contributed by atoms with Crippen LogP contribution in [0.3, 0.4) is 0 Å². The Labute approximate surface area is 162 Å². The summed E-state index contributed by atoms with van der Waals surface area (Å²) in [6, 6.07) is 10.5. The lowest BCUT2D eigenvalue weighted by Crippen LogP contribution is -2.28. The Kier molecular flexibility index (Phi) is 5.43. The predicted molar refractivity (Wildman–Crippen MR) is 102 cm³/mol. The third-order valence-corrected chi connectivity index (χ3v) is 5.19. The first-order chi connectivity index (χ1) is 12.7. The number of hydrogen-bond donors (Lipinski definition) is 1. The molecule has 0 aliphatic carbocycles. The van der Waals surface area contributed by atoms with Gasteiger partial charge in [-0.25, -0.2) is 0 Å². The Hall–Kier alpha value is -2.51. The Morgan fingerprint density at radius 1 is 1.26 bits per heavy atom. The van der Waals surface area contributed by atoms with Crippen LogP contribution in [0.5, 0.6) is 11.5 Å². The molecule has 1 aliphatic rings. The van der Waals surface area contributed by atoms with Crippen LogP contribution in [0.2, 0.25) is 5.02 Å². The number of amides is 1. The van der Waals surface area contributed by atoms with E-state index in [2.05, 4.69) is 5.32 Å². The van der Waals surface area contributed by atoms with E-state index in [0.717, 1.165) is 5.56 Å². The van der Waals surface area contributed by atoms with Gasteiger partial charge in [0.25, 0.3) is 0 Å². The molecule has 2 aromatic carbocycles. The first-order valence-corrected chi connectivity index (χ1v) is 10.0. The lowest BCUT2D eigenvalue weighted by molar-refractivity contribution is -0.116. The van der Waals surface area contributed by atoms with Crippen LogP contribution >= 0.6 is 11.6 Å². The summed E-state index contributed by atoms with van der Waals surface area (Å²) in [5.41, 5.74) is 1.44. The fourth-order valence-corrected chi connectivity index (χ4v) is 3.80. The summed E-state index contributed by atoms with van der Waals surface area (Å²) in [5.74, 6) is 0.360. The van der Waals surface area contributed by atoms with Crippen LogP contribution in [0.4, 0.5) is 0 Å². The third-order valence-electron chi connectivity index (χ3n) is 3.71. The van der Waals surface area contributed by atoms with E-state index in [1.54, 1.807) is 12.1 Å². The lowest BCUT2D eigenvalue weighted by Gasteiger charge is -2.08. The molecule has 0 saturated carbocycles. The second-order valence-corrected chi connectivity index (χ2v) is 8.26. The molecule has 1 N–H and O–H groups in total. The van der Waals surface area contributed by atoms with Crippen LogP contribution in [-0.4, -0.2) is 27.0 Å². The highest BCUT2D eigenvalue weighted by molar-refractivity contribution is 7.87. The molecule has 0 fully saturated rings. The average Bonchev–Trinajstić information content (AvgIpc) is 2.96. The summed E-state index contributed by atoms with van der Waals surface area (Å²) in [6.45, 7) is 3.98. The number of hydrogen-bond acceptors (Lipinski definition) is 5. The van der Waals surface area contributed by atoms with E-state index in [1.165, 1.54) is 36.4 Å². The molecule has 1 heterocycles. The predicted octanol–water partition coefficient (Wildman–Crippen LogP) is 3.41. The third kappa shape index (κ3) is 4.61. The van der Waals surface area contributed by atoms with Crippen LogP contribution in [0.1, 0.15) is 19.4 Å². The zero-order valence-electron chi connectivity index (χ0n) is 14.7. The van der Waals surface area contributed by atoms with Crippen molar-refractivity contribution in [2.75, 3.05) is 6.61 Å². The number of ether oxygens (including phenoxy) is 1. The van der Waals surface area contributed by atoms with Gasteiger partial charge in [0.05, 0.1) is 0 Å². The Morgan fingerprint density at radius 3 is 2.74 bits per heavy atom. The van der Waals surface area contributed by atoms with Gasteiger partial charge in [0.2, 0.25) is 5.91 Å². The van der Waals surface area contributed by atoms with Gasteiger partial charge in [0.15, 0.2) is 0 Å². The summed E-state index contributed by atoms with van der Waals surface area (Å²) in [5, 5.41) is 3.08. The molecule has 0 unspecified atom stereocenters. The number of halogens is 1. The van der Waals surface area contributed by atoms with Crippen LogP contribution in [0.25, 0.3) is 5.57 Å². The minimum absolute atomic E-state index is 0.0311. The second-order valence-electron chi connectivity index (χ2n) is 6.27. The van der Waals surface area contributed by atoms with Crippen LogP contribution < -0.4 is 14.2 Å². The van der Waals surface area contributed by atoms with Crippen LogP contribution in [0.15, 0.2) is 53.4 Å². The smallest absolute Gasteiger partial charge is 0.339 e. The first-order valence-electron chi connectivity index (χ1n) is 8.23. The number of rotatable bonds is 5. The standard InChI is InChI=1S/C19H18ClNO5S/c1-12(2)21-19(22)8-13-11-25-18-10-15(6-7-17(13)18)26-27(23,24)16-5-3-4-14(20)9-16/h3-10,12H,11H2,1-2H3,(H,21,22)/b13-8-. The lowest BCUT2D eigenvalue weighted by atomic mass is 10.1. The SMILES string of the molecule is CC(C)NC(=O)/C=C1/COc2cc(OS(=O)(=O)c3cccc(Cl)c3)ccc21. The van der Waals surface area contributed by atoms with Gasteiger partial charge in [-0.2, -0.15) is 8.42 Å². The second kappa shape index (κ2) is 7.62. The number of carbonyl (C=O) groups excluding carboxylic acids is 1. The molecule has 6 nitrogen and oxygen atoms in total. The number of nitrogens with one attached hydrogen (secondary N) is 1. The molecule has 0 radical (unpaired) electrons. The highest BCUT2D eigenvalue weighted by Crippen LogP contribution is 2.36. The normalized spacial score (nSPS) is 14.7. The van der Waals surface area contributed by atoms with Crippen molar-refractivity contribution in [2.45, 2.75) is 24.8 Å². The van der Waals surface area contributed by atoms with Crippen LogP contribution in [-0.2, 0) is 14.9 Å². The maximum Gasteiger partial charge on any atom is 0.339 e. The first kappa shape index (κ1) is 19.3. The topological polar surface area (TPSA) is 81.7 Å². The molecule has 2 aromatic rings. The Bertz CT molecular complexity index is 1010. The molecule has 27 heavy (non-hydrogen) atoms. The molecule has 3 rings (SSSR count). The van der Waals surface area contributed by atoms with E-state index in [0.29, 0.717) is 16.3 Å². The van der Waals surface area contributed by atoms with Crippen LogP contribution in [0, 0.1) is 0 Å². The maximum absolute atomic E-state index is 12.4. The minimum Gasteiger partial charge on any atom is -0.488 e. The van der Waals surface area contributed by atoms with Crippen molar-refractivity contribution >= 4 is 33.2 Å². The van der Waals surface area contributed by atoms with Gasteiger partial charge in [-0.3, -0.25) is 4.79 Å². The van der Waals surface area contributed by atoms with Gasteiger partial charge >= 0.3 is 10.1 Å². The fourth-order valence-electron chi connectivity index (χ4n) is 2.57. The molecular formula is C19H18ClNO5S. The summed E-state index contributed by atoms with van der Waals surface area (Å²) >= 11 is 5.84. The van der Waals surface area contributed by atoms with E-state index in [-0.39, 0.29) is 29.2 Å². The summed E-state index contributed by atoms with van der Waals surface area (Å²) < 4.78 is 35.5. The van der Waals surface area contributed by atoms with Crippen molar-refractivity contribution in [2.24, 2.45) is 0 Å².